The molecule has 0 aliphatic rings. The van der Waals surface area contributed by atoms with Crippen LogP contribution in [0.4, 0.5) is 4.39 Å². The second-order valence-electron chi connectivity index (χ2n) is 4.56. The summed E-state index contributed by atoms with van der Waals surface area (Å²) in [4.78, 5) is 11.8. The Morgan fingerprint density at radius 2 is 2.10 bits per heavy atom. The van der Waals surface area contributed by atoms with Crippen LogP contribution in [0.15, 0.2) is 18.2 Å². The van der Waals surface area contributed by atoms with E-state index in [-0.39, 0.29) is 29.9 Å². The Balaban J connectivity index is 2.59. The molecule has 1 aromatic carbocycles. The Hall–Kier alpha value is -1.33. The van der Waals surface area contributed by atoms with Gasteiger partial charge in [-0.2, -0.15) is 0 Å². The highest BCUT2D eigenvalue weighted by atomic mass is 35.5. The predicted molar refractivity (Wildman–Crippen MR) is 75.4 cm³/mol. The van der Waals surface area contributed by atoms with Gasteiger partial charge >= 0.3 is 0 Å². The number of hydrogen-bond acceptors (Lipinski definition) is 3. The van der Waals surface area contributed by atoms with E-state index in [0.29, 0.717) is 12.8 Å². The third kappa shape index (κ3) is 4.35. The van der Waals surface area contributed by atoms with Crippen LogP contribution in [0.25, 0.3) is 0 Å². The number of aliphatic hydroxyl groups is 1. The summed E-state index contributed by atoms with van der Waals surface area (Å²) in [6, 6.07) is 3.68. The average molecular weight is 304 g/mol. The van der Waals surface area contributed by atoms with Crippen LogP contribution >= 0.6 is 11.6 Å². The zero-order valence-corrected chi connectivity index (χ0v) is 12.3. The molecule has 0 saturated heterocycles. The fraction of sp³-hybridized carbons (Fsp3) is 0.500. The SMILES string of the molecule is CCC(CC)(CO)NC(=O)COc1ccc(F)cc1Cl. The maximum absolute atomic E-state index is 12.9. The standard InChI is InChI=1S/C14H19ClFNO3/c1-3-14(4-2,9-18)17-13(19)8-20-12-6-5-10(16)7-11(12)15/h5-7,18H,3-4,8-9H2,1-2H3,(H,17,19). The van der Waals surface area contributed by atoms with E-state index in [4.69, 9.17) is 16.3 Å². The number of nitrogens with one attached hydrogen (secondary N) is 1. The molecule has 112 valence electrons. The summed E-state index contributed by atoms with van der Waals surface area (Å²) in [6.45, 7) is 3.39. The van der Waals surface area contributed by atoms with Crippen LogP contribution in [0.3, 0.4) is 0 Å². The van der Waals surface area contributed by atoms with E-state index in [0.717, 1.165) is 6.07 Å². The lowest BCUT2D eigenvalue weighted by Gasteiger charge is -2.30. The summed E-state index contributed by atoms with van der Waals surface area (Å²) >= 11 is 5.79. The van der Waals surface area contributed by atoms with Crippen molar-refractivity contribution in [3.05, 3.63) is 29.0 Å². The first-order valence-electron chi connectivity index (χ1n) is 6.46. The smallest absolute Gasteiger partial charge is 0.258 e. The lowest BCUT2D eigenvalue weighted by Crippen LogP contribution is -2.51. The van der Waals surface area contributed by atoms with Crippen molar-refractivity contribution in [2.45, 2.75) is 32.2 Å². The second kappa shape index (κ2) is 7.45. The zero-order chi connectivity index (χ0) is 15.2. The largest absolute Gasteiger partial charge is 0.482 e. The molecule has 0 bridgehead atoms. The summed E-state index contributed by atoms with van der Waals surface area (Å²) in [7, 11) is 0. The van der Waals surface area contributed by atoms with Crippen molar-refractivity contribution in [1.82, 2.24) is 5.32 Å². The van der Waals surface area contributed by atoms with E-state index < -0.39 is 11.4 Å². The first kappa shape index (κ1) is 16.7. The van der Waals surface area contributed by atoms with Gasteiger partial charge in [0, 0.05) is 0 Å². The molecule has 1 amide bonds. The van der Waals surface area contributed by atoms with E-state index in [1.807, 2.05) is 13.8 Å². The van der Waals surface area contributed by atoms with Crippen LogP contribution < -0.4 is 10.1 Å². The maximum atomic E-state index is 12.9. The van der Waals surface area contributed by atoms with Crippen molar-refractivity contribution >= 4 is 17.5 Å². The van der Waals surface area contributed by atoms with Gasteiger partial charge in [-0.3, -0.25) is 4.79 Å². The molecule has 0 spiro atoms. The molecular formula is C14H19ClFNO3. The van der Waals surface area contributed by atoms with Gasteiger partial charge in [0.05, 0.1) is 17.2 Å². The number of benzene rings is 1. The summed E-state index contributed by atoms with van der Waals surface area (Å²) < 4.78 is 18.1. The molecule has 0 fully saturated rings. The summed E-state index contributed by atoms with van der Waals surface area (Å²) in [5, 5.41) is 12.2. The van der Waals surface area contributed by atoms with Crippen molar-refractivity contribution in [3.8, 4) is 5.75 Å². The number of rotatable bonds is 7. The fourth-order valence-electron chi connectivity index (χ4n) is 1.76. The van der Waals surface area contributed by atoms with Gasteiger partial charge in [0.1, 0.15) is 11.6 Å². The third-order valence-electron chi connectivity index (χ3n) is 3.31. The lowest BCUT2D eigenvalue weighted by atomic mass is 9.94. The van der Waals surface area contributed by atoms with Crippen molar-refractivity contribution in [1.29, 1.82) is 0 Å². The van der Waals surface area contributed by atoms with E-state index in [1.54, 1.807) is 0 Å². The van der Waals surface area contributed by atoms with Crippen LogP contribution in [0.2, 0.25) is 5.02 Å². The molecular weight excluding hydrogens is 285 g/mol. The van der Waals surface area contributed by atoms with Gasteiger partial charge in [-0.25, -0.2) is 4.39 Å². The summed E-state index contributed by atoms with van der Waals surface area (Å²) in [6.07, 6.45) is 1.23. The number of hydrogen-bond donors (Lipinski definition) is 2. The molecule has 0 unspecified atom stereocenters. The predicted octanol–water partition coefficient (Wildman–Crippen LogP) is 2.53. The van der Waals surface area contributed by atoms with E-state index in [2.05, 4.69) is 5.32 Å². The van der Waals surface area contributed by atoms with Crippen molar-refractivity contribution in [3.63, 3.8) is 0 Å². The first-order chi connectivity index (χ1) is 9.46. The molecule has 0 aliphatic heterocycles. The molecule has 0 aliphatic carbocycles. The van der Waals surface area contributed by atoms with E-state index >= 15 is 0 Å². The molecule has 0 saturated carbocycles. The Bertz CT molecular complexity index is 455. The van der Waals surface area contributed by atoms with Crippen LogP contribution in [0.1, 0.15) is 26.7 Å². The highest BCUT2D eigenvalue weighted by Gasteiger charge is 2.27. The number of carbonyl (C=O) groups excluding carboxylic acids is 1. The van der Waals surface area contributed by atoms with Crippen LogP contribution in [0.5, 0.6) is 5.75 Å². The van der Waals surface area contributed by atoms with Crippen LogP contribution in [0, 0.1) is 5.82 Å². The highest BCUT2D eigenvalue weighted by molar-refractivity contribution is 6.32. The Labute approximate surface area is 122 Å². The topological polar surface area (TPSA) is 58.6 Å². The average Bonchev–Trinajstić information content (AvgIpc) is 2.44. The van der Waals surface area contributed by atoms with E-state index in [9.17, 15) is 14.3 Å². The molecule has 0 radical (unpaired) electrons. The van der Waals surface area contributed by atoms with Gasteiger partial charge < -0.3 is 15.2 Å². The minimum absolute atomic E-state index is 0.109. The molecule has 20 heavy (non-hydrogen) atoms. The number of amides is 1. The van der Waals surface area contributed by atoms with Gasteiger partial charge in [-0.05, 0) is 31.0 Å². The first-order valence-corrected chi connectivity index (χ1v) is 6.84. The third-order valence-corrected chi connectivity index (χ3v) is 3.61. The molecule has 4 nitrogen and oxygen atoms in total. The molecule has 0 atom stereocenters. The fourth-order valence-corrected chi connectivity index (χ4v) is 1.98. The molecule has 1 rings (SSSR count). The molecule has 2 N–H and O–H groups in total. The Morgan fingerprint density at radius 3 is 2.60 bits per heavy atom. The number of aliphatic hydroxyl groups excluding tert-OH is 1. The quantitative estimate of drug-likeness (QED) is 0.814. The summed E-state index contributed by atoms with van der Waals surface area (Å²) in [5.74, 6) is -0.586. The van der Waals surface area contributed by atoms with Crippen LogP contribution in [-0.2, 0) is 4.79 Å². The van der Waals surface area contributed by atoms with Crippen LogP contribution in [-0.4, -0.2) is 29.8 Å². The Morgan fingerprint density at radius 1 is 1.45 bits per heavy atom. The van der Waals surface area contributed by atoms with Gasteiger partial charge in [-0.1, -0.05) is 25.4 Å². The van der Waals surface area contributed by atoms with Gasteiger partial charge in [-0.15, -0.1) is 0 Å². The minimum Gasteiger partial charge on any atom is -0.482 e. The molecule has 0 heterocycles. The molecule has 1 aromatic rings. The van der Waals surface area contributed by atoms with Crippen molar-refractivity contribution < 1.29 is 19.0 Å². The molecule has 6 heteroatoms. The lowest BCUT2D eigenvalue weighted by molar-refractivity contribution is -0.125. The summed E-state index contributed by atoms with van der Waals surface area (Å²) in [5.41, 5.74) is -0.632. The minimum atomic E-state index is -0.632. The van der Waals surface area contributed by atoms with Gasteiger partial charge in [0.15, 0.2) is 6.61 Å². The van der Waals surface area contributed by atoms with Crippen molar-refractivity contribution in [2.24, 2.45) is 0 Å². The Kier molecular flexibility index (Phi) is 6.23. The number of halogens is 2. The van der Waals surface area contributed by atoms with Crippen molar-refractivity contribution in [2.75, 3.05) is 13.2 Å². The van der Waals surface area contributed by atoms with Gasteiger partial charge in [0.25, 0.3) is 5.91 Å². The maximum Gasteiger partial charge on any atom is 0.258 e. The number of carbonyl (C=O) groups is 1. The normalized spacial score (nSPS) is 11.2. The highest BCUT2D eigenvalue weighted by Crippen LogP contribution is 2.24. The zero-order valence-electron chi connectivity index (χ0n) is 11.6. The monoisotopic (exact) mass is 303 g/mol. The second-order valence-corrected chi connectivity index (χ2v) is 4.96. The molecule has 0 aromatic heterocycles. The van der Waals surface area contributed by atoms with E-state index in [1.165, 1.54) is 12.1 Å². The number of ether oxygens (including phenoxy) is 1. The van der Waals surface area contributed by atoms with Gasteiger partial charge in [0.2, 0.25) is 0 Å².